The monoisotopic (exact) mass is 325 g/mol. The summed E-state index contributed by atoms with van der Waals surface area (Å²) in [4.78, 5) is 14.5. The first kappa shape index (κ1) is 22.5. The zero-order valence-corrected chi connectivity index (χ0v) is 16.4. The number of unbranched alkanes of at least 4 members (excludes halogenated alkanes) is 11. The average Bonchev–Trinajstić information content (AvgIpc) is 2.56. The fourth-order valence-corrected chi connectivity index (χ4v) is 3.01. The van der Waals surface area contributed by atoms with Gasteiger partial charge in [0, 0.05) is 19.5 Å². The lowest BCUT2D eigenvalue weighted by molar-refractivity contribution is -0.131. The lowest BCUT2D eigenvalue weighted by Gasteiger charge is -2.23. The first-order valence-electron chi connectivity index (χ1n) is 10.5. The number of nitrogens with zero attached hydrogens (tertiary/aromatic N) is 1. The van der Waals surface area contributed by atoms with Crippen molar-refractivity contribution in [1.82, 2.24) is 4.90 Å². The van der Waals surface area contributed by atoms with Crippen molar-refractivity contribution in [3.63, 3.8) is 0 Å². The number of carbonyl (C=O) groups excluding carboxylic acids is 1. The maximum Gasteiger partial charge on any atom is 0.222 e. The molecule has 0 aromatic rings. The van der Waals surface area contributed by atoms with E-state index >= 15 is 0 Å². The first-order valence-corrected chi connectivity index (χ1v) is 10.5. The SMILES string of the molecule is CCCCCCCCN(CCCCCCCC)C(=O)CCCC. The van der Waals surface area contributed by atoms with Gasteiger partial charge in [0.15, 0.2) is 0 Å². The Kier molecular flexibility index (Phi) is 17.4. The Morgan fingerprint density at radius 3 is 1.39 bits per heavy atom. The van der Waals surface area contributed by atoms with Crippen LogP contribution in [0.1, 0.15) is 117 Å². The van der Waals surface area contributed by atoms with E-state index in [1.807, 2.05) is 0 Å². The molecule has 0 fully saturated rings. The summed E-state index contributed by atoms with van der Waals surface area (Å²) >= 11 is 0. The van der Waals surface area contributed by atoms with Crippen molar-refractivity contribution in [2.45, 2.75) is 117 Å². The molecule has 23 heavy (non-hydrogen) atoms. The lowest BCUT2D eigenvalue weighted by atomic mass is 10.1. The van der Waals surface area contributed by atoms with Crippen molar-refractivity contribution in [2.75, 3.05) is 13.1 Å². The highest BCUT2D eigenvalue weighted by Gasteiger charge is 2.12. The van der Waals surface area contributed by atoms with Crippen LogP contribution in [0.2, 0.25) is 0 Å². The van der Waals surface area contributed by atoms with E-state index in [9.17, 15) is 4.79 Å². The van der Waals surface area contributed by atoms with Crippen molar-refractivity contribution in [3.8, 4) is 0 Å². The predicted octanol–water partition coefficient (Wildman–Crippen LogP) is 6.73. The standard InChI is InChI=1S/C21H43NO/c1-4-7-10-12-14-16-19-22(21(23)18-9-6-3)20-17-15-13-11-8-5-2/h4-20H2,1-3H3. The highest BCUT2D eigenvalue weighted by Crippen LogP contribution is 2.10. The van der Waals surface area contributed by atoms with Gasteiger partial charge in [-0.25, -0.2) is 0 Å². The summed E-state index contributed by atoms with van der Waals surface area (Å²) < 4.78 is 0. The Morgan fingerprint density at radius 1 is 0.565 bits per heavy atom. The van der Waals surface area contributed by atoms with Crippen molar-refractivity contribution < 1.29 is 4.79 Å². The molecule has 0 aliphatic carbocycles. The molecule has 0 aromatic carbocycles. The largest absolute Gasteiger partial charge is 0.343 e. The van der Waals surface area contributed by atoms with Crippen LogP contribution in [0.3, 0.4) is 0 Å². The van der Waals surface area contributed by atoms with E-state index in [-0.39, 0.29) is 0 Å². The summed E-state index contributed by atoms with van der Waals surface area (Å²) in [5.74, 6) is 0.397. The molecule has 0 aliphatic heterocycles. The van der Waals surface area contributed by atoms with Crippen molar-refractivity contribution >= 4 is 5.91 Å². The molecule has 0 spiro atoms. The van der Waals surface area contributed by atoms with Crippen molar-refractivity contribution in [3.05, 3.63) is 0 Å². The second kappa shape index (κ2) is 17.8. The van der Waals surface area contributed by atoms with Crippen LogP contribution in [-0.2, 0) is 4.79 Å². The minimum absolute atomic E-state index is 0.397. The molecule has 0 heterocycles. The van der Waals surface area contributed by atoms with Gasteiger partial charge in [-0.15, -0.1) is 0 Å². The van der Waals surface area contributed by atoms with Gasteiger partial charge in [-0.1, -0.05) is 91.4 Å². The van der Waals surface area contributed by atoms with Gasteiger partial charge in [-0.05, 0) is 19.3 Å². The Hall–Kier alpha value is -0.530. The van der Waals surface area contributed by atoms with Gasteiger partial charge >= 0.3 is 0 Å². The minimum atomic E-state index is 0.397. The van der Waals surface area contributed by atoms with Gasteiger partial charge < -0.3 is 4.90 Å². The van der Waals surface area contributed by atoms with E-state index in [0.29, 0.717) is 5.91 Å². The highest BCUT2D eigenvalue weighted by atomic mass is 16.2. The van der Waals surface area contributed by atoms with Gasteiger partial charge in [0.05, 0.1) is 0 Å². The van der Waals surface area contributed by atoms with Gasteiger partial charge in [-0.3, -0.25) is 4.79 Å². The maximum absolute atomic E-state index is 12.4. The topological polar surface area (TPSA) is 20.3 Å². The molecule has 0 bridgehead atoms. The van der Waals surface area contributed by atoms with E-state index in [4.69, 9.17) is 0 Å². The molecule has 0 aliphatic rings. The van der Waals surface area contributed by atoms with Crippen LogP contribution in [-0.4, -0.2) is 23.9 Å². The second-order valence-corrected chi connectivity index (χ2v) is 7.02. The smallest absolute Gasteiger partial charge is 0.222 e. The van der Waals surface area contributed by atoms with Crippen LogP contribution in [0, 0.1) is 0 Å². The van der Waals surface area contributed by atoms with Crippen molar-refractivity contribution in [2.24, 2.45) is 0 Å². The van der Waals surface area contributed by atoms with E-state index < -0.39 is 0 Å². The third-order valence-corrected chi connectivity index (χ3v) is 4.66. The molecule has 0 aromatic heterocycles. The normalized spacial score (nSPS) is 10.9. The molecule has 0 unspecified atom stereocenters. The zero-order valence-electron chi connectivity index (χ0n) is 16.4. The Labute approximate surface area is 146 Å². The molecule has 2 nitrogen and oxygen atoms in total. The Morgan fingerprint density at radius 2 is 0.957 bits per heavy atom. The predicted molar refractivity (Wildman–Crippen MR) is 103 cm³/mol. The molecule has 1 amide bonds. The summed E-state index contributed by atoms with van der Waals surface area (Å²) in [5, 5.41) is 0. The molecule has 0 saturated heterocycles. The number of amides is 1. The third kappa shape index (κ3) is 14.8. The average molecular weight is 326 g/mol. The quantitative estimate of drug-likeness (QED) is 0.272. The fourth-order valence-electron chi connectivity index (χ4n) is 3.01. The number of carbonyl (C=O) groups is 1. The van der Waals surface area contributed by atoms with E-state index in [0.717, 1.165) is 32.4 Å². The molecule has 0 radical (unpaired) electrons. The molecule has 2 heteroatoms. The van der Waals surface area contributed by atoms with Crippen LogP contribution in [0.5, 0.6) is 0 Å². The molecule has 0 saturated carbocycles. The van der Waals surface area contributed by atoms with E-state index in [1.165, 1.54) is 77.0 Å². The van der Waals surface area contributed by atoms with Crippen LogP contribution in [0.25, 0.3) is 0 Å². The molecule has 138 valence electrons. The Bertz CT molecular complexity index is 236. The molecule has 0 N–H and O–H groups in total. The van der Waals surface area contributed by atoms with Gasteiger partial charge in [0.1, 0.15) is 0 Å². The third-order valence-electron chi connectivity index (χ3n) is 4.66. The second-order valence-electron chi connectivity index (χ2n) is 7.02. The lowest BCUT2D eigenvalue weighted by Crippen LogP contribution is -2.32. The summed E-state index contributed by atoms with van der Waals surface area (Å²) in [6, 6.07) is 0. The summed E-state index contributed by atoms with van der Waals surface area (Å²) in [5.41, 5.74) is 0. The van der Waals surface area contributed by atoms with E-state index in [2.05, 4.69) is 25.7 Å². The zero-order chi connectivity index (χ0) is 17.2. The van der Waals surface area contributed by atoms with Crippen molar-refractivity contribution in [1.29, 1.82) is 0 Å². The Balaban J connectivity index is 3.91. The highest BCUT2D eigenvalue weighted by molar-refractivity contribution is 5.76. The molecule has 0 atom stereocenters. The van der Waals surface area contributed by atoms with Gasteiger partial charge in [0.2, 0.25) is 5.91 Å². The first-order chi connectivity index (χ1) is 11.3. The number of rotatable bonds is 17. The van der Waals surface area contributed by atoms with Crippen LogP contribution >= 0.6 is 0 Å². The number of hydrogen-bond acceptors (Lipinski definition) is 1. The van der Waals surface area contributed by atoms with Crippen LogP contribution in [0.15, 0.2) is 0 Å². The van der Waals surface area contributed by atoms with E-state index in [1.54, 1.807) is 0 Å². The molecular weight excluding hydrogens is 282 g/mol. The van der Waals surface area contributed by atoms with Gasteiger partial charge in [0.25, 0.3) is 0 Å². The van der Waals surface area contributed by atoms with Crippen LogP contribution in [0.4, 0.5) is 0 Å². The minimum Gasteiger partial charge on any atom is -0.343 e. The van der Waals surface area contributed by atoms with Gasteiger partial charge in [-0.2, -0.15) is 0 Å². The molecule has 0 rings (SSSR count). The maximum atomic E-state index is 12.4. The fraction of sp³-hybridized carbons (Fsp3) is 0.952. The van der Waals surface area contributed by atoms with Crippen LogP contribution < -0.4 is 0 Å². The summed E-state index contributed by atoms with van der Waals surface area (Å²) in [7, 11) is 0. The summed E-state index contributed by atoms with van der Waals surface area (Å²) in [6.07, 6.45) is 18.6. The number of hydrogen-bond donors (Lipinski definition) is 0. The summed E-state index contributed by atoms with van der Waals surface area (Å²) in [6.45, 7) is 8.66. The molecular formula is C21H43NO.